The highest BCUT2D eigenvalue weighted by Crippen LogP contribution is 2.13. The summed E-state index contributed by atoms with van der Waals surface area (Å²) in [7, 11) is 0. The molecule has 0 radical (unpaired) electrons. The monoisotopic (exact) mass is 825 g/mol. The lowest BCUT2D eigenvalue weighted by Crippen LogP contribution is -2.30. The zero-order valence-electron chi connectivity index (χ0n) is 38.8. The van der Waals surface area contributed by atoms with Crippen molar-refractivity contribution in [3.05, 3.63) is 60.8 Å². The Bertz CT molecular complexity index is 1090. The summed E-state index contributed by atoms with van der Waals surface area (Å²) in [6.45, 7) is 6.50. The Balaban J connectivity index is 4.50. The van der Waals surface area contributed by atoms with Gasteiger partial charge >= 0.3 is 17.9 Å². The third-order valence-electron chi connectivity index (χ3n) is 10.5. The predicted molar refractivity (Wildman–Crippen MR) is 251 cm³/mol. The zero-order valence-corrected chi connectivity index (χ0v) is 38.8. The number of allylic oxidation sites excluding steroid dienone is 10. The molecular formula is C53H92O6. The molecule has 0 fully saturated rings. The number of carbonyl (C=O) groups excluding carboxylic acids is 3. The van der Waals surface area contributed by atoms with Gasteiger partial charge in [0.15, 0.2) is 6.10 Å². The number of rotatable bonds is 44. The second-order valence-corrected chi connectivity index (χ2v) is 16.4. The number of esters is 3. The molecule has 0 aliphatic carbocycles. The largest absolute Gasteiger partial charge is 0.462 e. The summed E-state index contributed by atoms with van der Waals surface area (Å²) in [5, 5.41) is 0. The van der Waals surface area contributed by atoms with E-state index in [0.717, 1.165) is 44.9 Å². The molecule has 0 spiro atoms. The van der Waals surface area contributed by atoms with Crippen LogP contribution in [-0.4, -0.2) is 37.2 Å². The number of hydrogen-bond acceptors (Lipinski definition) is 6. The quantitative estimate of drug-likeness (QED) is 0.0263. The van der Waals surface area contributed by atoms with Crippen LogP contribution >= 0.6 is 0 Å². The molecule has 0 saturated heterocycles. The average Bonchev–Trinajstić information content (AvgIpc) is 3.23. The van der Waals surface area contributed by atoms with Gasteiger partial charge in [0.1, 0.15) is 13.2 Å². The molecule has 1 atom stereocenters. The standard InChI is InChI=1S/C53H92O6/c1-4-7-10-13-16-19-22-25-26-29-31-34-37-40-43-46-52(55)58-49-50(59-53(56)47-44-41-38-35-32-28-24-21-18-15-12-9-6-3)48-57-51(54)45-42-39-36-33-30-27-23-20-17-14-11-8-5-2/h19,22,27-28,30,32,36,38-39,41,50H,4-18,20-21,23-26,29,31,33-35,37,40,42-49H2,1-3H3/b22-19-,30-27-,32-28-,39-36-,41-38-. The maximum Gasteiger partial charge on any atom is 0.306 e. The van der Waals surface area contributed by atoms with Crippen LogP contribution in [0.2, 0.25) is 0 Å². The first kappa shape index (κ1) is 56.1. The normalized spacial score (nSPS) is 12.5. The number of hydrogen-bond donors (Lipinski definition) is 0. The van der Waals surface area contributed by atoms with Gasteiger partial charge in [-0.2, -0.15) is 0 Å². The maximum absolute atomic E-state index is 12.7. The zero-order chi connectivity index (χ0) is 43.0. The molecule has 0 aliphatic rings. The van der Waals surface area contributed by atoms with E-state index in [0.29, 0.717) is 19.3 Å². The van der Waals surface area contributed by atoms with Gasteiger partial charge in [-0.25, -0.2) is 0 Å². The van der Waals surface area contributed by atoms with Crippen LogP contribution in [0.25, 0.3) is 0 Å². The molecule has 0 N–H and O–H groups in total. The second kappa shape index (κ2) is 47.8. The number of carbonyl (C=O) groups is 3. The maximum atomic E-state index is 12.7. The van der Waals surface area contributed by atoms with Crippen LogP contribution in [0.1, 0.15) is 239 Å². The average molecular weight is 825 g/mol. The lowest BCUT2D eigenvalue weighted by Gasteiger charge is -2.18. The van der Waals surface area contributed by atoms with E-state index in [2.05, 4.69) is 69.4 Å². The fraction of sp³-hybridized carbons (Fsp3) is 0.755. The Kier molecular flexibility index (Phi) is 45.4. The van der Waals surface area contributed by atoms with Crippen LogP contribution in [0.3, 0.4) is 0 Å². The summed E-state index contributed by atoms with van der Waals surface area (Å²) in [6.07, 6.45) is 58.0. The highest BCUT2D eigenvalue weighted by molar-refractivity contribution is 5.71. The summed E-state index contributed by atoms with van der Waals surface area (Å²) in [5.41, 5.74) is 0. The summed E-state index contributed by atoms with van der Waals surface area (Å²) < 4.78 is 16.6. The van der Waals surface area contributed by atoms with Gasteiger partial charge in [-0.05, 0) is 83.5 Å². The van der Waals surface area contributed by atoms with Crippen molar-refractivity contribution < 1.29 is 28.6 Å². The molecule has 0 aromatic rings. The van der Waals surface area contributed by atoms with Crippen LogP contribution in [0.5, 0.6) is 0 Å². The fourth-order valence-electron chi connectivity index (χ4n) is 6.72. The third-order valence-corrected chi connectivity index (χ3v) is 10.5. The van der Waals surface area contributed by atoms with Gasteiger partial charge in [-0.1, -0.05) is 197 Å². The van der Waals surface area contributed by atoms with E-state index in [4.69, 9.17) is 14.2 Å². The lowest BCUT2D eigenvalue weighted by molar-refractivity contribution is -0.166. The van der Waals surface area contributed by atoms with Gasteiger partial charge in [0.05, 0.1) is 0 Å². The number of unbranched alkanes of at least 4 members (excludes halogenated alkanes) is 23. The Labute approximate surface area is 364 Å². The van der Waals surface area contributed by atoms with Crippen molar-refractivity contribution in [2.45, 2.75) is 245 Å². The van der Waals surface area contributed by atoms with Crippen LogP contribution < -0.4 is 0 Å². The van der Waals surface area contributed by atoms with Crippen LogP contribution in [0, 0.1) is 0 Å². The molecule has 0 heterocycles. The molecule has 340 valence electrons. The molecular weight excluding hydrogens is 733 g/mol. The molecule has 6 nitrogen and oxygen atoms in total. The van der Waals surface area contributed by atoms with Crippen LogP contribution in [-0.2, 0) is 28.6 Å². The Morgan fingerprint density at radius 2 is 0.644 bits per heavy atom. The minimum Gasteiger partial charge on any atom is -0.462 e. The molecule has 0 aromatic heterocycles. The molecule has 0 rings (SSSR count). The minimum atomic E-state index is -0.826. The first-order valence-electron chi connectivity index (χ1n) is 24.8. The van der Waals surface area contributed by atoms with Crippen LogP contribution in [0.15, 0.2) is 60.8 Å². The van der Waals surface area contributed by atoms with Gasteiger partial charge in [-0.3, -0.25) is 14.4 Å². The fourth-order valence-corrected chi connectivity index (χ4v) is 6.72. The summed E-state index contributed by atoms with van der Waals surface area (Å²) in [6, 6.07) is 0. The second-order valence-electron chi connectivity index (χ2n) is 16.4. The summed E-state index contributed by atoms with van der Waals surface area (Å²) in [4.78, 5) is 37.8. The topological polar surface area (TPSA) is 78.9 Å². The lowest BCUT2D eigenvalue weighted by atomic mass is 10.1. The van der Waals surface area contributed by atoms with Crippen molar-refractivity contribution >= 4 is 17.9 Å². The van der Waals surface area contributed by atoms with Crippen molar-refractivity contribution in [2.75, 3.05) is 13.2 Å². The molecule has 1 unspecified atom stereocenters. The Morgan fingerprint density at radius 1 is 0.339 bits per heavy atom. The Morgan fingerprint density at radius 3 is 1.07 bits per heavy atom. The molecule has 0 amide bonds. The smallest absolute Gasteiger partial charge is 0.306 e. The molecule has 0 aromatic carbocycles. The van der Waals surface area contributed by atoms with E-state index in [-0.39, 0.29) is 38.0 Å². The molecule has 0 bridgehead atoms. The summed E-state index contributed by atoms with van der Waals surface area (Å²) in [5.74, 6) is -1.06. The SMILES string of the molecule is CCCCCC/C=C\CCCCCCCCCC(=O)OCC(COC(=O)CC/C=C\C/C=C\CCCCCCCC)OC(=O)CC/C=C\C/C=C\CCCCCCCC. The summed E-state index contributed by atoms with van der Waals surface area (Å²) >= 11 is 0. The first-order valence-corrected chi connectivity index (χ1v) is 24.8. The molecule has 0 saturated carbocycles. The van der Waals surface area contributed by atoms with Crippen molar-refractivity contribution in [1.29, 1.82) is 0 Å². The highest BCUT2D eigenvalue weighted by Gasteiger charge is 2.19. The van der Waals surface area contributed by atoms with Crippen molar-refractivity contribution in [1.82, 2.24) is 0 Å². The van der Waals surface area contributed by atoms with E-state index in [9.17, 15) is 14.4 Å². The van der Waals surface area contributed by atoms with E-state index >= 15 is 0 Å². The van der Waals surface area contributed by atoms with Crippen LogP contribution in [0.4, 0.5) is 0 Å². The first-order chi connectivity index (χ1) is 29.0. The molecule has 59 heavy (non-hydrogen) atoms. The number of ether oxygens (including phenoxy) is 3. The van der Waals surface area contributed by atoms with Crippen molar-refractivity contribution in [2.24, 2.45) is 0 Å². The van der Waals surface area contributed by atoms with Gasteiger partial charge < -0.3 is 14.2 Å². The van der Waals surface area contributed by atoms with Gasteiger partial charge in [0.2, 0.25) is 0 Å². The molecule has 0 aliphatic heterocycles. The van der Waals surface area contributed by atoms with E-state index < -0.39 is 12.1 Å². The minimum absolute atomic E-state index is 0.116. The van der Waals surface area contributed by atoms with Gasteiger partial charge in [0.25, 0.3) is 0 Å². The highest BCUT2D eigenvalue weighted by atomic mass is 16.6. The van der Waals surface area contributed by atoms with Crippen molar-refractivity contribution in [3.63, 3.8) is 0 Å². The van der Waals surface area contributed by atoms with E-state index in [1.807, 2.05) is 12.2 Å². The van der Waals surface area contributed by atoms with E-state index in [1.54, 1.807) is 0 Å². The van der Waals surface area contributed by atoms with Gasteiger partial charge in [0, 0.05) is 19.3 Å². The predicted octanol–water partition coefficient (Wildman–Crippen LogP) is 16.1. The van der Waals surface area contributed by atoms with Gasteiger partial charge in [-0.15, -0.1) is 0 Å². The molecule has 6 heteroatoms. The van der Waals surface area contributed by atoms with E-state index in [1.165, 1.54) is 141 Å². The third kappa shape index (κ3) is 46.0. The Hall–Kier alpha value is -2.89. The van der Waals surface area contributed by atoms with Crippen molar-refractivity contribution in [3.8, 4) is 0 Å².